The van der Waals surface area contributed by atoms with E-state index in [1.54, 1.807) is 0 Å². The second-order valence-electron chi connectivity index (χ2n) is 6.09. The van der Waals surface area contributed by atoms with Gasteiger partial charge in [-0.2, -0.15) is 0 Å². The van der Waals surface area contributed by atoms with Crippen molar-refractivity contribution in [3.05, 3.63) is 0 Å². The van der Waals surface area contributed by atoms with E-state index < -0.39 is 5.97 Å². The van der Waals surface area contributed by atoms with Crippen LogP contribution in [0.2, 0.25) is 0 Å². The Labute approximate surface area is 125 Å². The van der Waals surface area contributed by atoms with Crippen molar-refractivity contribution in [2.24, 2.45) is 5.92 Å². The lowest BCUT2D eigenvalue weighted by Crippen LogP contribution is -2.50. The molecule has 2 saturated heterocycles. The summed E-state index contributed by atoms with van der Waals surface area (Å²) in [4.78, 5) is 24.6. The number of amides is 2. The molecule has 0 spiro atoms. The van der Waals surface area contributed by atoms with Crippen LogP contribution >= 0.6 is 0 Å². The molecule has 120 valence electrons. The quantitative estimate of drug-likeness (QED) is 0.751. The molecular formula is C15H26N2O4. The molecule has 2 bridgehead atoms. The van der Waals surface area contributed by atoms with Crippen LogP contribution in [0.15, 0.2) is 0 Å². The molecule has 2 amide bonds. The van der Waals surface area contributed by atoms with E-state index in [0.717, 1.165) is 25.7 Å². The Kier molecular flexibility index (Phi) is 5.85. The van der Waals surface area contributed by atoms with Gasteiger partial charge < -0.3 is 20.1 Å². The summed E-state index contributed by atoms with van der Waals surface area (Å²) >= 11 is 0. The first-order valence-corrected chi connectivity index (χ1v) is 7.98. The first-order valence-electron chi connectivity index (χ1n) is 7.98. The highest BCUT2D eigenvalue weighted by Crippen LogP contribution is 2.26. The Morgan fingerprint density at radius 1 is 1.29 bits per heavy atom. The van der Waals surface area contributed by atoms with Crippen LogP contribution in [-0.2, 0) is 9.53 Å². The Morgan fingerprint density at radius 2 is 1.95 bits per heavy atom. The molecule has 2 fully saturated rings. The molecule has 2 aliphatic rings. The first kappa shape index (κ1) is 16.1. The number of carboxylic acids is 1. The van der Waals surface area contributed by atoms with Crippen LogP contribution in [-0.4, -0.2) is 53.8 Å². The second-order valence-corrected chi connectivity index (χ2v) is 6.09. The Balaban J connectivity index is 1.65. The van der Waals surface area contributed by atoms with Crippen molar-refractivity contribution in [2.75, 3.05) is 19.6 Å². The fourth-order valence-corrected chi connectivity index (χ4v) is 3.16. The molecule has 2 aliphatic heterocycles. The molecule has 0 aromatic heterocycles. The maximum atomic E-state index is 12.1. The van der Waals surface area contributed by atoms with Crippen LogP contribution in [0.1, 0.15) is 45.4 Å². The predicted octanol–water partition coefficient (Wildman–Crippen LogP) is 1.84. The number of nitrogens with zero attached hydrogens (tertiary/aromatic N) is 1. The van der Waals surface area contributed by atoms with Crippen molar-refractivity contribution in [3.8, 4) is 0 Å². The van der Waals surface area contributed by atoms with Gasteiger partial charge in [0, 0.05) is 26.1 Å². The third-order valence-corrected chi connectivity index (χ3v) is 4.50. The number of nitrogens with one attached hydrogen (secondary N) is 1. The summed E-state index contributed by atoms with van der Waals surface area (Å²) in [5.41, 5.74) is 0. The van der Waals surface area contributed by atoms with Gasteiger partial charge in [-0.3, -0.25) is 4.79 Å². The standard InChI is InChI=1S/C15H26N2O4/c1-2-11(3-6-14(18)19)7-8-16-15(20)17-9-12-4-5-13(10-17)21-12/h11-13H,2-10H2,1H3,(H,16,20)(H,18,19). The number of carboxylic acid groups (broad SMARTS) is 1. The summed E-state index contributed by atoms with van der Waals surface area (Å²) in [7, 11) is 0. The topological polar surface area (TPSA) is 78.9 Å². The number of hydrogen-bond donors (Lipinski definition) is 2. The lowest BCUT2D eigenvalue weighted by atomic mass is 9.97. The second kappa shape index (κ2) is 7.64. The molecule has 0 aromatic carbocycles. The van der Waals surface area contributed by atoms with Gasteiger partial charge in [0.1, 0.15) is 0 Å². The van der Waals surface area contributed by atoms with E-state index in [2.05, 4.69) is 12.2 Å². The van der Waals surface area contributed by atoms with Gasteiger partial charge in [-0.15, -0.1) is 0 Å². The van der Waals surface area contributed by atoms with Crippen molar-refractivity contribution >= 4 is 12.0 Å². The lowest BCUT2D eigenvalue weighted by molar-refractivity contribution is -0.137. The molecule has 2 rings (SSSR count). The number of aliphatic carboxylic acids is 1. The van der Waals surface area contributed by atoms with Gasteiger partial charge in [0.15, 0.2) is 0 Å². The van der Waals surface area contributed by atoms with Crippen LogP contribution in [0, 0.1) is 5.92 Å². The van der Waals surface area contributed by atoms with E-state index in [1.807, 2.05) is 4.90 Å². The molecule has 21 heavy (non-hydrogen) atoms. The van der Waals surface area contributed by atoms with Gasteiger partial charge in [0.05, 0.1) is 12.2 Å². The zero-order valence-electron chi connectivity index (χ0n) is 12.7. The molecule has 2 heterocycles. The third kappa shape index (κ3) is 4.88. The molecule has 0 aliphatic carbocycles. The highest BCUT2D eigenvalue weighted by molar-refractivity contribution is 5.74. The van der Waals surface area contributed by atoms with Gasteiger partial charge >= 0.3 is 12.0 Å². The SMILES string of the molecule is CCC(CCNC(=O)N1CC2CCC(C1)O2)CCC(=O)O. The molecule has 3 unspecified atom stereocenters. The summed E-state index contributed by atoms with van der Waals surface area (Å²) in [6.45, 7) is 4.06. The largest absolute Gasteiger partial charge is 0.481 e. The highest BCUT2D eigenvalue weighted by atomic mass is 16.5. The van der Waals surface area contributed by atoms with Crippen molar-refractivity contribution in [3.63, 3.8) is 0 Å². The highest BCUT2D eigenvalue weighted by Gasteiger charge is 2.35. The number of rotatable bonds is 7. The maximum Gasteiger partial charge on any atom is 0.317 e. The summed E-state index contributed by atoms with van der Waals surface area (Å²) in [6.07, 6.45) is 5.23. The van der Waals surface area contributed by atoms with Crippen LogP contribution in [0.5, 0.6) is 0 Å². The number of carbonyl (C=O) groups excluding carboxylic acids is 1. The van der Waals surface area contributed by atoms with Crippen molar-refractivity contribution in [1.82, 2.24) is 10.2 Å². The molecule has 6 nitrogen and oxygen atoms in total. The normalized spacial score (nSPS) is 25.7. The van der Waals surface area contributed by atoms with Crippen LogP contribution in [0.4, 0.5) is 4.79 Å². The van der Waals surface area contributed by atoms with Crippen molar-refractivity contribution < 1.29 is 19.4 Å². The number of morpholine rings is 1. The summed E-state index contributed by atoms with van der Waals surface area (Å²) in [5.74, 6) is -0.386. The van der Waals surface area contributed by atoms with E-state index in [9.17, 15) is 9.59 Å². The van der Waals surface area contributed by atoms with Gasteiger partial charge in [0.25, 0.3) is 0 Å². The summed E-state index contributed by atoms with van der Waals surface area (Å²) in [6, 6.07) is -0.0108. The van der Waals surface area contributed by atoms with E-state index in [4.69, 9.17) is 9.84 Å². The molecule has 0 saturated carbocycles. The summed E-state index contributed by atoms with van der Waals surface area (Å²) in [5, 5.41) is 11.7. The van der Waals surface area contributed by atoms with Gasteiger partial charge in [0.2, 0.25) is 0 Å². The van der Waals surface area contributed by atoms with E-state index >= 15 is 0 Å². The fraction of sp³-hybridized carbons (Fsp3) is 0.867. The smallest absolute Gasteiger partial charge is 0.317 e. The third-order valence-electron chi connectivity index (χ3n) is 4.50. The maximum absolute atomic E-state index is 12.1. The summed E-state index contributed by atoms with van der Waals surface area (Å²) < 4.78 is 5.71. The molecule has 3 atom stereocenters. The van der Waals surface area contributed by atoms with E-state index in [0.29, 0.717) is 32.0 Å². The first-order chi connectivity index (χ1) is 10.1. The van der Waals surface area contributed by atoms with E-state index in [-0.39, 0.29) is 24.7 Å². The van der Waals surface area contributed by atoms with Crippen LogP contribution < -0.4 is 5.32 Å². The lowest BCUT2D eigenvalue weighted by Gasteiger charge is -2.32. The Bertz CT molecular complexity index is 363. The van der Waals surface area contributed by atoms with Gasteiger partial charge in [-0.1, -0.05) is 13.3 Å². The zero-order valence-corrected chi connectivity index (χ0v) is 12.7. The van der Waals surface area contributed by atoms with Gasteiger partial charge in [-0.05, 0) is 31.6 Å². The number of urea groups is 1. The van der Waals surface area contributed by atoms with E-state index in [1.165, 1.54) is 0 Å². The molecule has 0 aromatic rings. The Morgan fingerprint density at radius 3 is 2.52 bits per heavy atom. The number of fused-ring (bicyclic) bond motifs is 2. The Hall–Kier alpha value is -1.30. The monoisotopic (exact) mass is 298 g/mol. The fourth-order valence-electron chi connectivity index (χ4n) is 3.16. The average molecular weight is 298 g/mol. The zero-order chi connectivity index (χ0) is 15.2. The number of carbonyl (C=O) groups is 2. The minimum absolute atomic E-state index is 0.0108. The average Bonchev–Trinajstić information content (AvgIpc) is 2.80. The van der Waals surface area contributed by atoms with Crippen LogP contribution in [0.25, 0.3) is 0 Å². The number of ether oxygens (including phenoxy) is 1. The predicted molar refractivity (Wildman–Crippen MR) is 78.1 cm³/mol. The number of hydrogen-bond acceptors (Lipinski definition) is 3. The molecular weight excluding hydrogens is 272 g/mol. The van der Waals surface area contributed by atoms with Crippen molar-refractivity contribution in [2.45, 2.75) is 57.7 Å². The molecule has 2 N–H and O–H groups in total. The van der Waals surface area contributed by atoms with Crippen molar-refractivity contribution in [1.29, 1.82) is 0 Å². The van der Waals surface area contributed by atoms with Crippen LogP contribution in [0.3, 0.4) is 0 Å². The number of likely N-dealkylation sites (tertiary alicyclic amines) is 1. The minimum Gasteiger partial charge on any atom is -0.481 e. The molecule has 0 radical (unpaired) electrons. The van der Waals surface area contributed by atoms with Gasteiger partial charge in [-0.25, -0.2) is 4.79 Å². The molecule has 6 heteroatoms. The minimum atomic E-state index is -0.749.